The van der Waals surface area contributed by atoms with E-state index in [0.717, 1.165) is 61.7 Å². The van der Waals surface area contributed by atoms with E-state index in [9.17, 15) is 19.5 Å². The van der Waals surface area contributed by atoms with Crippen LogP contribution in [0.2, 0.25) is 0 Å². The average molecular weight is 655 g/mol. The van der Waals surface area contributed by atoms with Crippen LogP contribution in [0, 0.1) is 5.41 Å². The lowest BCUT2D eigenvalue weighted by Crippen LogP contribution is -2.53. The van der Waals surface area contributed by atoms with Gasteiger partial charge in [0, 0.05) is 63.4 Å². The summed E-state index contributed by atoms with van der Waals surface area (Å²) in [7, 11) is 0. The van der Waals surface area contributed by atoms with Crippen LogP contribution in [0.25, 0.3) is 10.9 Å². The Bertz CT molecular complexity index is 1680. The molecule has 1 unspecified atom stereocenters. The average Bonchev–Trinajstić information content (AvgIpc) is 3.32. The van der Waals surface area contributed by atoms with Gasteiger partial charge in [-0.3, -0.25) is 14.5 Å². The molecule has 48 heavy (non-hydrogen) atoms. The maximum absolute atomic E-state index is 14.1. The third-order valence-corrected chi connectivity index (χ3v) is 10.9. The zero-order chi connectivity index (χ0) is 33.5. The molecule has 10 nitrogen and oxygen atoms in total. The third kappa shape index (κ3) is 6.40. The van der Waals surface area contributed by atoms with E-state index in [-0.39, 0.29) is 31.3 Å². The first kappa shape index (κ1) is 32.5. The van der Waals surface area contributed by atoms with Crippen molar-refractivity contribution in [3.8, 4) is 0 Å². The normalized spacial score (nSPS) is 24.5. The summed E-state index contributed by atoms with van der Waals surface area (Å²) in [6, 6.07) is 19.3. The molecule has 10 heteroatoms. The Morgan fingerprint density at radius 2 is 1.67 bits per heavy atom. The smallest absolute Gasteiger partial charge is 0.338 e. The number of hydrogen-bond acceptors (Lipinski definition) is 9. The second-order valence-electron chi connectivity index (χ2n) is 14.8. The van der Waals surface area contributed by atoms with Crippen molar-refractivity contribution in [3.63, 3.8) is 0 Å². The highest BCUT2D eigenvalue weighted by Gasteiger charge is 2.54. The van der Waals surface area contributed by atoms with E-state index in [1.54, 1.807) is 0 Å². The number of cyclic esters (lactones) is 1. The predicted octanol–water partition coefficient (Wildman–Crippen LogP) is 4.72. The van der Waals surface area contributed by atoms with Crippen LogP contribution < -0.4 is 4.90 Å². The molecule has 5 heterocycles. The van der Waals surface area contributed by atoms with Gasteiger partial charge in [-0.15, -0.1) is 0 Å². The fourth-order valence-electron chi connectivity index (χ4n) is 8.34. The molecule has 1 N–H and O–H groups in total. The van der Waals surface area contributed by atoms with E-state index in [1.807, 2.05) is 84.3 Å². The van der Waals surface area contributed by atoms with E-state index in [0.29, 0.717) is 43.6 Å². The maximum Gasteiger partial charge on any atom is 0.338 e. The van der Waals surface area contributed by atoms with Crippen molar-refractivity contribution in [2.75, 3.05) is 44.2 Å². The number of esters is 2. The van der Waals surface area contributed by atoms with E-state index in [1.165, 1.54) is 0 Å². The minimum atomic E-state index is -1.56. The lowest BCUT2D eigenvalue weighted by Gasteiger charge is -2.45. The van der Waals surface area contributed by atoms with Gasteiger partial charge in [0.15, 0.2) is 5.60 Å². The molecule has 1 spiro atoms. The molecule has 1 aromatic heterocycles. The molecule has 4 aliphatic heterocycles. The predicted molar refractivity (Wildman–Crippen MR) is 181 cm³/mol. The first-order chi connectivity index (χ1) is 23.0. The van der Waals surface area contributed by atoms with Gasteiger partial charge in [0.2, 0.25) is 0 Å². The number of para-hydroxylation sites is 1. The highest BCUT2D eigenvalue weighted by molar-refractivity contribution is 6.07. The van der Waals surface area contributed by atoms with E-state index in [4.69, 9.17) is 14.5 Å². The molecule has 0 radical (unpaired) electrons. The summed E-state index contributed by atoms with van der Waals surface area (Å²) in [5, 5.41) is 12.0. The van der Waals surface area contributed by atoms with Gasteiger partial charge >= 0.3 is 11.9 Å². The molecule has 7 rings (SSSR count). The number of hydrogen-bond donors (Lipinski definition) is 1. The van der Waals surface area contributed by atoms with Crippen LogP contribution in [0.15, 0.2) is 60.7 Å². The fourth-order valence-corrected chi connectivity index (χ4v) is 8.34. The van der Waals surface area contributed by atoms with Gasteiger partial charge < -0.3 is 24.4 Å². The summed E-state index contributed by atoms with van der Waals surface area (Å²) < 4.78 is 11.2. The van der Waals surface area contributed by atoms with Crippen LogP contribution in [-0.2, 0) is 25.7 Å². The molecule has 4 aliphatic rings. The number of benzene rings is 2. The minimum absolute atomic E-state index is 0.0115. The molecule has 4 fully saturated rings. The topological polar surface area (TPSA) is 113 Å². The highest BCUT2D eigenvalue weighted by Crippen LogP contribution is 2.47. The molecule has 1 atom stereocenters. The summed E-state index contributed by atoms with van der Waals surface area (Å²) in [4.78, 5) is 51.3. The SMILES string of the molecule is CC1(C)CC2(CCCN(C3CCN(C(=O)c4cc(N5CCC(O)(C(=O)OCc6ccccc6)CC5)nc5ccccc45)CC3)C2)C(=O)O1. The number of likely N-dealkylation sites (tertiary alicyclic amines) is 2. The van der Waals surface area contributed by atoms with Crippen molar-refractivity contribution < 1.29 is 29.0 Å². The number of carbonyl (C=O) groups is 3. The van der Waals surface area contributed by atoms with Gasteiger partial charge in [0.25, 0.3) is 5.91 Å². The molecule has 0 bridgehead atoms. The van der Waals surface area contributed by atoms with Crippen LogP contribution in [0.4, 0.5) is 5.82 Å². The van der Waals surface area contributed by atoms with Crippen molar-refractivity contribution in [2.24, 2.45) is 5.41 Å². The van der Waals surface area contributed by atoms with Crippen LogP contribution >= 0.6 is 0 Å². The van der Waals surface area contributed by atoms with E-state index >= 15 is 0 Å². The zero-order valence-corrected chi connectivity index (χ0v) is 28.0. The van der Waals surface area contributed by atoms with Gasteiger partial charge in [0.1, 0.15) is 18.0 Å². The number of rotatable bonds is 6. The summed E-state index contributed by atoms with van der Waals surface area (Å²) in [6.07, 6.45) is 4.77. The summed E-state index contributed by atoms with van der Waals surface area (Å²) in [5.74, 6) is -0.00537. The Kier molecular flexibility index (Phi) is 8.66. The number of amides is 1. The van der Waals surface area contributed by atoms with Gasteiger partial charge in [-0.2, -0.15) is 0 Å². The second kappa shape index (κ2) is 12.8. The lowest BCUT2D eigenvalue weighted by atomic mass is 9.74. The number of ether oxygens (including phenoxy) is 2. The number of piperidine rings is 3. The molecule has 254 valence electrons. The van der Waals surface area contributed by atoms with Crippen LogP contribution in [0.5, 0.6) is 0 Å². The zero-order valence-electron chi connectivity index (χ0n) is 28.0. The Hall–Kier alpha value is -4.02. The molecule has 0 aliphatic carbocycles. The van der Waals surface area contributed by atoms with E-state index in [2.05, 4.69) is 4.90 Å². The largest absolute Gasteiger partial charge is 0.459 e. The number of carbonyl (C=O) groups excluding carboxylic acids is 3. The Morgan fingerprint density at radius 1 is 0.958 bits per heavy atom. The van der Waals surface area contributed by atoms with Gasteiger partial charge in [-0.1, -0.05) is 48.5 Å². The molecule has 4 saturated heterocycles. The van der Waals surface area contributed by atoms with Gasteiger partial charge in [-0.05, 0) is 63.8 Å². The minimum Gasteiger partial charge on any atom is -0.459 e. The highest BCUT2D eigenvalue weighted by atomic mass is 16.6. The molecular weight excluding hydrogens is 608 g/mol. The third-order valence-electron chi connectivity index (χ3n) is 10.9. The molecular formula is C38H46N4O6. The number of pyridine rings is 1. The maximum atomic E-state index is 14.1. The first-order valence-electron chi connectivity index (χ1n) is 17.4. The summed E-state index contributed by atoms with van der Waals surface area (Å²) in [5.41, 5.74) is -0.160. The molecule has 0 saturated carbocycles. The molecule has 1 amide bonds. The van der Waals surface area contributed by atoms with Crippen molar-refractivity contribution >= 4 is 34.6 Å². The Morgan fingerprint density at radius 3 is 2.38 bits per heavy atom. The Balaban J connectivity index is 1.01. The van der Waals surface area contributed by atoms with Crippen LogP contribution in [0.3, 0.4) is 0 Å². The van der Waals surface area contributed by atoms with Gasteiger partial charge in [-0.25, -0.2) is 9.78 Å². The van der Waals surface area contributed by atoms with Crippen molar-refractivity contribution in [1.29, 1.82) is 0 Å². The standard InChI is InChI=1S/C38H46N4O6/c1-36(2)25-37(34(44)48-36)15-8-18-42(26-37)28-13-19-41(20-14-28)33(43)30-23-32(39-31-12-7-6-11-29(30)31)40-21-16-38(46,17-22-40)35(45)47-24-27-9-4-3-5-10-27/h3-7,9-12,23,28,46H,8,13-22,24-26H2,1-2H3. The second-order valence-corrected chi connectivity index (χ2v) is 14.8. The number of aromatic nitrogens is 1. The number of fused-ring (bicyclic) bond motifs is 1. The monoisotopic (exact) mass is 654 g/mol. The quantitative estimate of drug-likeness (QED) is 0.378. The van der Waals surface area contributed by atoms with Crippen molar-refractivity contribution in [1.82, 2.24) is 14.8 Å². The fraction of sp³-hybridized carbons (Fsp3) is 0.526. The Labute approximate surface area is 282 Å². The number of anilines is 1. The lowest BCUT2D eigenvalue weighted by molar-refractivity contribution is -0.169. The van der Waals surface area contributed by atoms with Crippen molar-refractivity contribution in [2.45, 2.75) is 82.6 Å². The first-order valence-corrected chi connectivity index (χ1v) is 17.4. The summed E-state index contributed by atoms with van der Waals surface area (Å²) in [6.45, 7) is 7.95. The summed E-state index contributed by atoms with van der Waals surface area (Å²) >= 11 is 0. The number of nitrogens with zero attached hydrogens (tertiary/aromatic N) is 4. The van der Waals surface area contributed by atoms with Crippen molar-refractivity contribution in [3.05, 3.63) is 71.8 Å². The van der Waals surface area contributed by atoms with Gasteiger partial charge in [0.05, 0.1) is 16.5 Å². The molecule has 2 aromatic carbocycles. The van der Waals surface area contributed by atoms with Crippen LogP contribution in [-0.4, -0.2) is 94.2 Å². The van der Waals surface area contributed by atoms with E-state index < -0.39 is 22.6 Å². The molecule has 3 aromatic rings. The van der Waals surface area contributed by atoms with Crippen LogP contribution in [0.1, 0.15) is 74.7 Å². The number of aliphatic hydroxyl groups is 1.